The zero-order valence-electron chi connectivity index (χ0n) is 28.5. The van der Waals surface area contributed by atoms with Gasteiger partial charge in [-0.25, -0.2) is 4.79 Å². The van der Waals surface area contributed by atoms with Crippen LogP contribution in [-0.2, 0) is 19.8 Å². The molecule has 6 aromatic rings. The van der Waals surface area contributed by atoms with Gasteiger partial charge in [0, 0.05) is 31.7 Å². The molecule has 2 heterocycles. The van der Waals surface area contributed by atoms with Crippen molar-refractivity contribution in [2.24, 2.45) is 0 Å². The summed E-state index contributed by atoms with van der Waals surface area (Å²) >= 11 is 0. The Balaban J connectivity index is 1.27. The molecule has 5 aromatic carbocycles. The summed E-state index contributed by atoms with van der Waals surface area (Å²) in [5.74, 6) is 0.615. The van der Waals surface area contributed by atoms with E-state index in [1.807, 2.05) is 110 Å². The van der Waals surface area contributed by atoms with Crippen LogP contribution in [0.25, 0.3) is 10.9 Å². The van der Waals surface area contributed by atoms with E-state index in [-0.39, 0.29) is 30.6 Å². The number of hydrogen-bond acceptors (Lipinski definition) is 6. The molecular formula is C42H38N4O5. The highest BCUT2D eigenvalue weighted by atomic mass is 16.5. The number of aromatic nitrogens is 1. The molecule has 256 valence electrons. The first kappa shape index (κ1) is 33.2. The van der Waals surface area contributed by atoms with Crippen LogP contribution < -0.4 is 24.4 Å². The van der Waals surface area contributed by atoms with Crippen molar-refractivity contribution in [1.29, 1.82) is 0 Å². The maximum atomic E-state index is 14.3. The highest BCUT2D eigenvalue weighted by Crippen LogP contribution is 2.43. The molecule has 7 rings (SSSR count). The molecule has 1 N–H and O–H groups in total. The Morgan fingerprint density at radius 1 is 0.706 bits per heavy atom. The second-order valence-corrected chi connectivity index (χ2v) is 12.4. The molecule has 3 amide bonds. The van der Waals surface area contributed by atoms with Crippen LogP contribution in [0.4, 0.5) is 16.2 Å². The lowest BCUT2D eigenvalue weighted by Crippen LogP contribution is -2.30. The van der Waals surface area contributed by atoms with Gasteiger partial charge < -0.3 is 24.4 Å². The summed E-state index contributed by atoms with van der Waals surface area (Å²) in [4.78, 5) is 35.5. The van der Waals surface area contributed by atoms with Crippen LogP contribution in [0, 0.1) is 6.92 Å². The van der Waals surface area contributed by atoms with Gasteiger partial charge in [-0.2, -0.15) is 0 Å². The number of rotatable bonds is 12. The number of carbonyl (C=O) groups excluding carboxylic acids is 2. The van der Waals surface area contributed by atoms with Gasteiger partial charge in [0.15, 0.2) is 11.5 Å². The number of aryl methyl sites for hydroxylation is 1. The zero-order valence-corrected chi connectivity index (χ0v) is 28.5. The number of benzene rings is 5. The first-order valence-electron chi connectivity index (χ1n) is 16.9. The normalized spacial score (nSPS) is 12.6. The first-order chi connectivity index (χ1) is 25.0. The molecule has 0 radical (unpaired) electrons. The van der Waals surface area contributed by atoms with Crippen molar-refractivity contribution in [3.63, 3.8) is 0 Å². The minimum absolute atomic E-state index is 0.0714. The van der Waals surface area contributed by atoms with E-state index in [4.69, 9.17) is 19.2 Å². The zero-order chi connectivity index (χ0) is 35.2. The topological polar surface area (TPSA) is 93.2 Å². The SMILES string of the molecule is Cc1cnc2c(NC(=O)c3ccc(OCc4ccccc4)c(OCc4ccccc4)c3OCc3ccccc3)cccc2c1N1CCN(C)C1=O. The Hall–Kier alpha value is -6.35. The minimum atomic E-state index is -0.411. The van der Waals surface area contributed by atoms with E-state index in [1.165, 1.54) is 0 Å². The summed E-state index contributed by atoms with van der Waals surface area (Å²) in [6.45, 7) is 3.86. The van der Waals surface area contributed by atoms with E-state index in [9.17, 15) is 9.59 Å². The number of amides is 3. The molecule has 0 unspecified atom stereocenters. The second-order valence-electron chi connectivity index (χ2n) is 12.4. The van der Waals surface area contributed by atoms with Gasteiger partial charge >= 0.3 is 6.03 Å². The van der Waals surface area contributed by atoms with Gasteiger partial charge in [-0.1, -0.05) is 103 Å². The Morgan fingerprint density at radius 2 is 1.29 bits per heavy atom. The molecular weight excluding hydrogens is 640 g/mol. The summed E-state index contributed by atoms with van der Waals surface area (Å²) in [5, 5.41) is 3.86. The van der Waals surface area contributed by atoms with Crippen LogP contribution in [0.1, 0.15) is 32.6 Å². The van der Waals surface area contributed by atoms with E-state index in [0.717, 1.165) is 33.3 Å². The van der Waals surface area contributed by atoms with E-state index >= 15 is 0 Å². The third-order valence-electron chi connectivity index (χ3n) is 8.80. The van der Waals surface area contributed by atoms with Crippen LogP contribution in [0.5, 0.6) is 17.2 Å². The van der Waals surface area contributed by atoms with Crippen molar-refractivity contribution < 1.29 is 23.8 Å². The number of nitrogens with one attached hydrogen (secondary N) is 1. The molecule has 0 bridgehead atoms. The average Bonchev–Trinajstić information content (AvgIpc) is 3.49. The molecule has 51 heavy (non-hydrogen) atoms. The maximum absolute atomic E-state index is 14.3. The lowest BCUT2D eigenvalue weighted by Gasteiger charge is -2.22. The smallest absolute Gasteiger partial charge is 0.324 e. The molecule has 1 aliphatic rings. The van der Waals surface area contributed by atoms with E-state index in [0.29, 0.717) is 42.4 Å². The molecule has 1 aromatic heterocycles. The van der Waals surface area contributed by atoms with Crippen LogP contribution in [0.2, 0.25) is 0 Å². The summed E-state index contributed by atoms with van der Waals surface area (Å²) in [6.07, 6.45) is 1.74. The largest absolute Gasteiger partial charge is 0.485 e. The second kappa shape index (κ2) is 15.0. The Labute approximate surface area is 297 Å². The third-order valence-corrected chi connectivity index (χ3v) is 8.80. The van der Waals surface area contributed by atoms with Crippen LogP contribution in [-0.4, -0.2) is 42.0 Å². The highest BCUT2D eigenvalue weighted by Gasteiger charge is 2.30. The fourth-order valence-electron chi connectivity index (χ4n) is 6.12. The number of urea groups is 1. The fourth-order valence-corrected chi connectivity index (χ4v) is 6.12. The molecule has 1 aliphatic heterocycles. The minimum Gasteiger partial charge on any atom is -0.485 e. The summed E-state index contributed by atoms with van der Waals surface area (Å²) < 4.78 is 19.3. The molecule has 1 fully saturated rings. The maximum Gasteiger partial charge on any atom is 0.324 e. The fraction of sp³-hybridized carbons (Fsp3) is 0.167. The van der Waals surface area contributed by atoms with Crippen molar-refractivity contribution in [3.05, 3.63) is 155 Å². The van der Waals surface area contributed by atoms with Crippen LogP contribution in [0.15, 0.2) is 128 Å². The van der Waals surface area contributed by atoms with Gasteiger partial charge in [-0.15, -0.1) is 0 Å². The van der Waals surface area contributed by atoms with Gasteiger partial charge in [0.05, 0.1) is 22.5 Å². The molecule has 0 saturated carbocycles. The summed E-state index contributed by atoms with van der Waals surface area (Å²) in [7, 11) is 1.79. The van der Waals surface area contributed by atoms with Gasteiger partial charge in [-0.05, 0) is 47.4 Å². The predicted octanol–water partition coefficient (Wildman–Crippen LogP) is 8.40. The van der Waals surface area contributed by atoms with E-state index in [2.05, 4.69) is 5.32 Å². The van der Waals surface area contributed by atoms with Crippen molar-refractivity contribution in [3.8, 4) is 17.2 Å². The van der Waals surface area contributed by atoms with Crippen molar-refractivity contribution >= 4 is 34.2 Å². The predicted molar refractivity (Wildman–Crippen MR) is 199 cm³/mol. The van der Waals surface area contributed by atoms with Crippen molar-refractivity contribution in [2.75, 3.05) is 30.4 Å². The number of anilines is 2. The van der Waals surface area contributed by atoms with Gasteiger partial charge in [-0.3, -0.25) is 14.7 Å². The monoisotopic (exact) mass is 678 g/mol. The lowest BCUT2D eigenvalue weighted by molar-refractivity contribution is 0.102. The van der Waals surface area contributed by atoms with Gasteiger partial charge in [0.25, 0.3) is 5.91 Å². The molecule has 9 nitrogen and oxygen atoms in total. The Kier molecular flexibility index (Phi) is 9.78. The molecule has 0 spiro atoms. The number of ether oxygens (including phenoxy) is 3. The quantitative estimate of drug-likeness (QED) is 0.140. The van der Waals surface area contributed by atoms with Gasteiger partial charge in [0.1, 0.15) is 19.8 Å². The number of pyridine rings is 1. The molecule has 1 saturated heterocycles. The van der Waals surface area contributed by atoms with E-state index in [1.54, 1.807) is 41.2 Å². The van der Waals surface area contributed by atoms with Crippen LogP contribution in [0.3, 0.4) is 0 Å². The standard InChI is InChI=1S/C42H38N4O5/c1-29-25-43-37-33(38(29)46-24-23-45(2)42(46)48)19-12-20-35(37)44-41(47)34-21-22-36(49-26-30-13-6-3-7-14-30)40(51-28-32-17-10-5-11-18-32)39(34)50-27-31-15-8-4-9-16-31/h3-22,25H,23-24,26-28H2,1-2H3,(H,44,47). The molecule has 9 heteroatoms. The van der Waals surface area contributed by atoms with Gasteiger partial charge in [0.2, 0.25) is 5.75 Å². The number of likely N-dealkylation sites (N-methyl/N-ethyl adjacent to an activating group) is 1. The number of para-hydroxylation sites is 1. The van der Waals surface area contributed by atoms with Crippen molar-refractivity contribution in [2.45, 2.75) is 26.7 Å². The number of nitrogens with zero attached hydrogens (tertiary/aromatic N) is 3. The summed E-state index contributed by atoms with van der Waals surface area (Å²) in [6, 6.07) is 38.3. The molecule has 0 atom stereocenters. The average molecular weight is 679 g/mol. The Bertz CT molecular complexity index is 2160. The number of carbonyl (C=O) groups is 2. The lowest BCUT2D eigenvalue weighted by atomic mass is 10.1. The van der Waals surface area contributed by atoms with Crippen LogP contribution >= 0.6 is 0 Å². The highest BCUT2D eigenvalue weighted by molar-refractivity contribution is 6.13. The number of fused-ring (bicyclic) bond motifs is 1. The number of hydrogen-bond donors (Lipinski definition) is 1. The third kappa shape index (κ3) is 7.33. The van der Waals surface area contributed by atoms with Crippen molar-refractivity contribution in [1.82, 2.24) is 9.88 Å². The summed E-state index contributed by atoms with van der Waals surface area (Å²) in [5.41, 5.74) is 5.86. The molecule has 0 aliphatic carbocycles. The van der Waals surface area contributed by atoms with E-state index < -0.39 is 5.91 Å². The first-order valence-corrected chi connectivity index (χ1v) is 16.9. The Morgan fingerprint density at radius 3 is 1.88 bits per heavy atom.